The van der Waals surface area contributed by atoms with Gasteiger partial charge in [-0.1, -0.05) is 23.8 Å². The van der Waals surface area contributed by atoms with Crippen LogP contribution in [-0.2, 0) is 4.79 Å². The van der Waals surface area contributed by atoms with E-state index in [1.165, 1.54) is 5.56 Å². The van der Waals surface area contributed by atoms with Crippen LogP contribution in [0.25, 0.3) is 0 Å². The average Bonchev–Trinajstić information content (AvgIpc) is 3.04. The molecule has 1 saturated heterocycles. The molecule has 1 unspecified atom stereocenters. The summed E-state index contributed by atoms with van der Waals surface area (Å²) in [5.41, 5.74) is 1.17. The Morgan fingerprint density at radius 2 is 2.13 bits per heavy atom. The van der Waals surface area contributed by atoms with Gasteiger partial charge in [0, 0.05) is 25.3 Å². The zero-order valence-corrected chi connectivity index (χ0v) is 13.2. The first-order chi connectivity index (χ1) is 11.2. The number of carbonyl (C=O) groups is 1. The van der Waals surface area contributed by atoms with E-state index in [2.05, 4.69) is 15.2 Å². The Morgan fingerprint density at radius 3 is 2.87 bits per heavy atom. The van der Waals surface area contributed by atoms with Crippen LogP contribution in [0.4, 0.5) is 5.82 Å². The fourth-order valence-corrected chi connectivity index (χ4v) is 2.68. The van der Waals surface area contributed by atoms with Crippen LogP contribution in [0.2, 0.25) is 0 Å². The molecule has 1 amide bonds. The fraction of sp³-hybridized carbons (Fsp3) is 0.333. The Morgan fingerprint density at radius 1 is 1.30 bits per heavy atom. The summed E-state index contributed by atoms with van der Waals surface area (Å²) in [6, 6.07) is 13.7. The first kappa shape index (κ1) is 15.3. The molecule has 0 bridgehead atoms. The average molecular weight is 311 g/mol. The number of nitrogens with one attached hydrogen (secondary N) is 1. The highest BCUT2D eigenvalue weighted by Crippen LogP contribution is 2.17. The van der Waals surface area contributed by atoms with Crippen molar-refractivity contribution < 1.29 is 9.53 Å². The highest BCUT2D eigenvalue weighted by molar-refractivity contribution is 5.78. The minimum absolute atomic E-state index is 0.0448. The molecule has 1 N–H and O–H groups in total. The van der Waals surface area contributed by atoms with Gasteiger partial charge >= 0.3 is 0 Å². The minimum atomic E-state index is -0.0848. The summed E-state index contributed by atoms with van der Waals surface area (Å²) in [5.74, 6) is 1.59. The number of rotatable bonds is 5. The Kier molecular flexibility index (Phi) is 4.76. The van der Waals surface area contributed by atoms with Crippen LogP contribution in [0.3, 0.4) is 0 Å². The van der Waals surface area contributed by atoms with E-state index in [-0.39, 0.29) is 18.6 Å². The molecule has 1 atom stereocenters. The number of ether oxygens (including phenoxy) is 1. The first-order valence-electron chi connectivity index (χ1n) is 7.85. The summed E-state index contributed by atoms with van der Waals surface area (Å²) in [4.78, 5) is 18.5. The maximum absolute atomic E-state index is 12.0. The van der Waals surface area contributed by atoms with Crippen LogP contribution < -0.4 is 15.0 Å². The molecule has 0 saturated carbocycles. The van der Waals surface area contributed by atoms with E-state index < -0.39 is 0 Å². The normalized spacial score (nSPS) is 17.1. The van der Waals surface area contributed by atoms with Crippen molar-refractivity contribution in [1.82, 2.24) is 10.3 Å². The Balaban J connectivity index is 1.45. The second-order valence-corrected chi connectivity index (χ2v) is 5.79. The summed E-state index contributed by atoms with van der Waals surface area (Å²) in [6.07, 6.45) is 2.71. The highest BCUT2D eigenvalue weighted by atomic mass is 16.5. The van der Waals surface area contributed by atoms with Gasteiger partial charge in [-0.3, -0.25) is 4.79 Å². The minimum Gasteiger partial charge on any atom is -0.484 e. The number of hydrogen-bond donors (Lipinski definition) is 1. The lowest BCUT2D eigenvalue weighted by Gasteiger charge is -2.17. The molecule has 5 nitrogen and oxygen atoms in total. The second kappa shape index (κ2) is 7.13. The van der Waals surface area contributed by atoms with E-state index in [1.54, 1.807) is 6.20 Å². The number of nitrogens with zero attached hydrogens (tertiary/aromatic N) is 2. The first-order valence-corrected chi connectivity index (χ1v) is 7.85. The third-order valence-electron chi connectivity index (χ3n) is 3.92. The van der Waals surface area contributed by atoms with Crippen LogP contribution in [0.1, 0.15) is 12.0 Å². The summed E-state index contributed by atoms with van der Waals surface area (Å²) < 4.78 is 5.51. The second-order valence-electron chi connectivity index (χ2n) is 5.79. The Hall–Kier alpha value is -2.56. The van der Waals surface area contributed by atoms with Gasteiger partial charge in [0.15, 0.2) is 6.61 Å². The van der Waals surface area contributed by atoms with Gasteiger partial charge < -0.3 is 15.0 Å². The number of aryl methyl sites for hydroxylation is 1. The zero-order chi connectivity index (χ0) is 16.1. The molecule has 2 heterocycles. The summed E-state index contributed by atoms with van der Waals surface area (Å²) >= 11 is 0. The lowest BCUT2D eigenvalue weighted by Crippen LogP contribution is -2.39. The van der Waals surface area contributed by atoms with Crippen molar-refractivity contribution in [2.24, 2.45) is 0 Å². The van der Waals surface area contributed by atoms with Gasteiger partial charge in [-0.25, -0.2) is 4.98 Å². The van der Waals surface area contributed by atoms with Gasteiger partial charge in [0.1, 0.15) is 11.6 Å². The van der Waals surface area contributed by atoms with Gasteiger partial charge in [-0.15, -0.1) is 0 Å². The van der Waals surface area contributed by atoms with Gasteiger partial charge in [-0.2, -0.15) is 0 Å². The van der Waals surface area contributed by atoms with Crippen molar-refractivity contribution in [1.29, 1.82) is 0 Å². The number of hydrogen-bond acceptors (Lipinski definition) is 4. The van der Waals surface area contributed by atoms with E-state index in [0.29, 0.717) is 5.75 Å². The SMILES string of the molecule is Cc1ccc(OCC(=O)NC2CCN(c3ccccn3)C2)cc1. The summed E-state index contributed by atoms with van der Waals surface area (Å²) in [6.45, 7) is 3.75. The molecule has 0 spiro atoms. The number of aromatic nitrogens is 1. The lowest BCUT2D eigenvalue weighted by molar-refractivity contribution is -0.123. The highest BCUT2D eigenvalue weighted by Gasteiger charge is 2.24. The molecule has 120 valence electrons. The van der Waals surface area contributed by atoms with Crippen molar-refractivity contribution in [3.63, 3.8) is 0 Å². The quantitative estimate of drug-likeness (QED) is 0.919. The maximum atomic E-state index is 12.0. The molecule has 23 heavy (non-hydrogen) atoms. The van der Waals surface area contributed by atoms with Gasteiger partial charge in [0.25, 0.3) is 5.91 Å². The summed E-state index contributed by atoms with van der Waals surface area (Å²) in [7, 11) is 0. The van der Waals surface area contributed by atoms with E-state index >= 15 is 0 Å². The van der Waals surface area contributed by atoms with Crippen molar-refractivity contribution >= 4 is 11.7 Å². The molecule has 1 aromatic carbocycles. The molecule has 1 aromatic heterocycles. The van der Waals surface area contributed by atoms with Gasteiger partial charge in [-0.05, 0) is 37.6 Å². The topological polar surface area (TPSA) is 54.5 Å². The monoisotopic (exact) mass is 311 g/mol. The largest absolute Gasteiger partial charge is 0.484 e. The van der Waals surface area contributed by atoms with E-state index in [9.17, 15) is 4.79 Å². The van der Waals surface area contributed by atoms with Crippen LogP contribution >= 0.6 is 0 Å². The molecule has 5 heteroatoms. The molecule has 1 aliphatic rings. The fourth-order valence-electron chi connectivity index (χ4n) is 2.68. The van der Waals surface area contributed by atoms with Crippen molar-refractivity contribution in [3.05, 3.63) is 54.2 Å². The standard InChI is InChI=1S/C18H21N3O2/c1-14-5-7-16(8-6-14)23-13-18(22)20-15-9-11-21(12-15)17-4-2-3-10-19-17/h2-8,10,15H,9,11-13H2,1H3,(H,20,22). The Labute approximate surface area is 136 Å². The van der Waals surface area contributed by atoms with Crippen LogP contribution in [0, 0.1) is 6.92 Å². The van der Waals surface area contributed by atoms with Crippen LogP contribution in [-0.4, -0.2) is 36.6 Å². The Bertz CT molecular complexity index is 643. The van der Waals surface area contributed by atoms with Crippen molar-refractivity contribution in [2.75, 3.05) is 24.6 Å². The third kappa shape index (κ3) is 4.22. The smallest absolute Gasteiger partial charge is 0.258 e. The van der Waals surface area contributed by atoms with E-state index in [1.807, 2.05) is 49.4 Å². The number of amides is 1. The molecular formula is C18H21N3O2. The molecular weight excluding hydrogens is 290 g/mol. The molecule has 1 fully saturated rings. The number of pyridine rings is 1. The van der Waals surface area contributed by atoms with Gasteiger partial charge in [0.05, 0.1) is 0 Å². The van der Waals surface area contributed by atoms with E-state index in [4.69, 9.17) is 4.74 Å². The number of anilines is 1. The van der Waals surface area contributed by atoms with Crippen LogP contribution in [0.15, 0.2) is 48.7 Å². The molecule has 1 aliphatic heterocycles. The molecule has 3 rings (SSSR count). The third-order valence-corrected chi connectivity index (χ3v) is 3.92. The van der Waals surface area contributed by atoms with Crippen LogP contribution in [0.5, 0.6) is 5.75 Å². The molecule has 2 aromatic rings. The van der Waals surface area contributed by atoms with Gasteiger partial charge in [0.2, 0.25) is 0 Å². The zero-order valence-electron chi connectivity index (χ0n) is 13.2. The summed E-state index contributed by atoms with van der Waals surface area (Å²) in [5, 5.41) is 3.03. The lowest BCUT2D eigenvalue weighted by atomic mass is 10.2. The van der Waals surface area contributed by atoms with Crippen molar-refractivity contribution in [3.8, 4) is 5.75 Å². The molecule has 0 radical (unpaired) electrons. The molecule has 0 aliphatic carbocycles. The van der Waals surface area contributed by atoms with Crippen molar-refractivity contribution in [2.45, 2.75) is 19.4 Å². The maximum Gasteiger partial charge on any atom is 0.258 e. The van der Waals surface area contributed by atoms with E-state index in [0.717, 1.165) is 25.3 Å². The number of benzene rings is 1. The predicted molar refractivity (Wildman–Crippen MR) is 89.7 cm³/mol. The number of carbonyl (C=O) groups excluding carboxylic acids is 1. The predicted octanol–water partition coefficient (Wildman–Crippen LogP) is 2.16.